The molecule has 0 aromatic heterocycles. The van der Waals surface area contributed by atoms with Crippen LogP contribution in [0, 0.1) is 5.92 Å². The van der Waals surface area contributed by atoms with Crippen LogP contribution in [0.25, 0.3) is 0 Å². The summed E-state index contributed by atoms with van der Waals surface area (Å²) < 4.78 is 0. The number of aliphatic hydroxyl groups is 1. The molecule has 5 rings (SSSR count). The Morgan fingerprint density at radius 1 is 0.750 bits per heavy atom. The second kappa shape index (κ2) is 31.1. The van der Waals surface area contributed by atoms with E-state index in [1.807, 2.05) is 0 Å². The van der Waals surface area contributed by atoms with Crippen LogP contribution in [0.1, 0.15) is 72.1 Å². The van der Waals surface area contributed by atoms with Crippen molar-refractivity contribution in [2.75, 3.05) is 25.1 Å². The number of likely N-dealkylation sites (N-methyl/N-ethyl adjacent to an activating group) is 1. The molecular weight excluding hydrogens is 1090 g/mol. The van der Waals surface area contributed by atoms with E-state index in [1.165, 1.54) is 57.3 Å². The summed E-state index contributed by atoms with van der Waals surface area (Å²) >= 11 is 6.08. The van der Waals surface area contributed by atoms with Crippen LogP contribution >= 0.6 is 33.2 Å². The maximum absolute atomic E-state index is 15.0. The van der Waals surface area contributed by atoms with Gasteiger partial charge in [0.25, 0.3) is 0 Å². The van der Waals surface area contributed by atoms with Crippen molar-refractivity contribution in [2.45, 2.75) is 114 Å². The van der Waals surface area contributed by atoms with Crippen LogP contribution < -0.4 is 43.8 Å². The molecule has 1 saturated heterocycles. The number of carbonyl (C=O) groups excluding carboxylic acids is 9. The molecule has 0 aliphatic carbocycles. The van der Waals surface area contributed by atoms with Gasteiger partial charge in [0.15, 0.2) is 11.6 Å². The lowest BCUT2D eigenvalue weighted by Gasteiger charge is -2.33. The largest absolute Gasteiger partial charge is 0.508 e. The topological polar surface area (TPSA) is 356 Å². The van der Waals surface area contributed by atoms with E-state index < -0.39 is 108 Å². The van der Waals surface area contributed by atoms with Crippen molar-refractivity contribution in [2.24, 2.45) is 23.1 Å². The number of rotatable bonds is 19. The number of primary amides is 1. The molecule has 0 radical (unpaired) electrons. The number of Topliss-reactive ketones (excluding diaryl/α,β-unsaturated/α-hetero) is 2. The summed E-state index contributed by atoms with van der Waals surface area (Å²) in [5.41, 5.74) is 20.6. The predicted molar refractivity (Wildman–Crippen MR) is 305 cm³/mol. The van der Waals surface area contributed by atoms with Gasteiger partial charge < -0.3 is 64.0 Å². The third kappa shape index (κ3) is 19.7. The van der Waals surface area contributed by atoms with Crippen molar-refractivity contribution in [3.05, 3.63) is 130 Å². The maximum atomic E-state index is 15.0. The van der Waals surface area contributed by atoms with Gasteiger partial charge in [0.2, 0.25) is 41.4 Å². The van der Waals surface area contributed by atoms with E-state index in [2.05, 4.69) is 26.6 Å². The second-order valence-electron chi connectivity index (χ2n) is 19.7. The van der Waals surface area contributed by atoms with Gasteiger partial charge in [-0.1, -0.05) is 93.9 Å². The number of hydrogen-bond donors (Lipinski definition) is 11. The Morgan fingerprint density at radius 3 is 1.90 bits per heavy atom. The van der Waals surface area contributed by atoms with Crippen LogP contribution in [0.4, 0.5) is 0 Å². The van der Waals surface area contributed by atoms with Crippen molar-refractivity contribution in [3.63, 3.8) is 0 Å². The number of unbranched alkanes of at least 4 members (excludes halogenated alkanes) is 1. The number of nitrogens with zero attached hydrogens (tertiary/aromatic N) is 1. The highest BCUT2D eigenvalue weighted by molar-refractivity contribution is 8.76. The number of hydrogen-bond acceptors (Lipinski definition) is 16. The smallest absolute Gasteiger partial charge is 0.245 e. The van der Waals surface area contributed by atoms with E-state index in [9.17, 15) is 53.7 Å². The Morgan fingerprint density at radius 2 is 1.31 bits per heavy atom. The van der Waals surface area contributed by atoms with E-state index >= 15 is 4.79 Å². The molecule has 14 N–H and O–H groups in total. The van der Waals surface area contributed by atoms with E-state index in [0.29, 0.717) is 45.7 Å². The lowest BCUT2D eigenvalue weighted by molar-refractivity contribution is -0.144. The minimum Gasteiger partial charge on any atom is -0.508 e. The molecule has 7 amide bonds. The van der Waals surface area contributed by atoms with Gasteiger partial charge in [0, 0.05) is 54.3 Å². The van der Waals surface area contributed by atoms with Gasteiger partial charge in [0.1, 0.15) is 41.7 Å². The number of ketones is 2. The fraction of sp³-hybridized carbons (Fsp3) is 0.411. The number of aromatic hydroxyl groups is 2. The lowest BCUT2D eigenvalue weighted by atomic mass is 9.90. The van der Waals surface area contributed by atoms with E-state index in [0.717, 1.165) is 26.5 Å². The molecule has 0 saturated carbocycles. The summed E-state index contributed by atoms with van der Waals surface area (Å²) in [4.78, 5) is 128. The van der Waals surface area contributed by atoms with Crippen LogP contribution in [-0.4, -0.2) is 147 Å². The number of aliphatic hydroxyl groups excluding tert-OH is 1. The Kier molecular flexibility index (Phi) is 24.8. The molecule has 1 aliphatic rings. The first-order chi connectivity index (χ1) is 38.0. The predicted octanol–water partition coefficient (Wildman–Crippen LogP) is 1.77. The third-order valence-electron chi connectivity index (χ3n) is 13.4. The Balaban J connectivity index is 1.60. The summed E-state index contributed by atoms with van der Waals surface area (Å²) in [5, 5.41) is 44.8. The highest BCUT2D eigenvalue weighted by Gasteiger charge is 2.38. The van der Waals surface area contributed by atoms with Gasteiger partial charge in [-0.2, -0.15) is 0 Å². The molecule has 4 aromatic rings. The van der Waals surface area contributed by atoms with Crippen LogP contribution in [0.3, 0.4) is 0 Å². The average Bonchev–Trinajstić information content (AvgIpc) is 3.42. The molecule has 9 atom stereocenters. The quantitative estimate of drug-likeness (QED) is 0.0362. The maximum Gasteiger partial charge on any atom is 0.245 e. The minimum atomic E-state index is -1.74. The SMILES string of the molecule is CC(=O)c1ccc(C[C@H]2NC(=O)[C@H](Cc3ccc(O)cc3)CC(=O)[C@H](NC(=O)[C@@H](N)Cc3ccc(Cl)cc3)CSSC[C@@H](C(=O)N[C@H](Cc3ccc(O)cc3)C(N)=O)NC(=O)[C@H]([C@@H](C)O)NC(=O)[C@H](CCCCN)N(C)C2=O)cc1. The van der Waals surface area contributed by atoms with Crippen LogP contribution in [0.2, 0.25) is 5.02 Å². The summed E-state index contributed by atoms with van der Waals surface area (Å²) in [7, 11) is 3.32. The zero-order chi connectivity index (χ0) is 58.6. The van der Waals surface area contributed by atoms with Gasteiger partial charge in [0.05, 0.1) is 18.2 Å². The lowest BCUT2D eigenvalue weighted by Crippen LogP contribution is -2.62. The summed E-state index contributed by atoms with van der Waals surface area (Å²) in [6, 6.07) is 14.9. The Labute approximate surface area is 477 Å². The Bertz CT molecular complexity index is 2790. The van der Waals surface area contributed by atoms with Gasteiger partial charge in [-0.15, -0.1) is 0 Å². The first-order valence-corrected chi connectivity index (χ1v) is 28.8. The second-order valence-corrected chi connectivity index (χ2v) is 22.7. The number of carbonyl (C=O) groups is 9. The summed E-state index contributed by atoms with van der Waals surface area (Å²) in [6.45, 7) is 2.85. The molecule has 4 aromatic carbocycles. The molecule has 0 unspecified atom stereocenters. The van der Waals surface area contributed by atoms with Crippen LogP contribution in [0.15, 0.2) is 97.1 Å². The van der Waals surface area contributed by atoms with Crippen molar-refractivity contribution in [1.29, 1.82) is 0 Å². The number of nitrogens with two attached hydrogens (primary N) is 3. The molecule has 430 valence electrons. The third-order valence-corrected chi connectivity index (χ3v) is 16.1. The van der Waals surface area contributed by atoms with Crippen LogP contribution in [0.5, 0.6) is 11.5 Å². The van der Waals surface area contributed by atoms with Gasteiger partial charge in [-0.3, -0.25) is 43.2 Å². The minimum absolute atomic E-state index is 0.00370. The van der Waals surface area contributed by atoms with Gasteiger partial charge >= 0.3 is 0 Å². The summed E-state index contributed by atoms with van der Waals surface area (Å²) in [5.74, 6) is -8.65. The molecular formula is C56H70ClN9O12S2. The van der Waals surface area contributed by atoms with E-state index in [-0.39, 0.29) is 67.4 Å². The molecule has 21 nitrogen and oxygen atoms in total. The number of halogens is 1. The number of nitrogens with one attached hydrogen (secondary N) is 5. The Hall–Kier alpha value is -7.02. The highest BCUT2D eigenvalue weighted by Crippen LogP contribution is 2.26. The van der Waals surface area contributed by atoms with Crippen molar-refractivity contribution >= 4 is 86.1 Å². The van der Waals surface area contributed by atoms with Crippen molar-refractivity contribution in [3.8, 4) is 11.5 Å². The first kappa shape index (κ1) is 63.8. The van der Waals surface area contributed by atoms with Crippen LogP contribution in [-0.2, 0) is 64.0 Å². The standard InChI is InChI=1S/C56H70ClN9O12S2/c1-31(67)37-15-7-35(8-16-37)27-44-56(78)66(3)47(6-4-5-23-58)54(76)65-49(32(2)68)55(77)64-46(53(75)61-43(50(60)72)26-36-13-21-41(70)22-14-36)30-80-79-29-45(63-52(74)42(59)25-34-9-17-39(57)18-10-34)48(71)28-38(51(73)62-44)24-33-11-19-40(69)20-12-33/h7-22,32,38,42-47,49,68-70H,4-6,23-30,58-59H2,1-3H3,(H2,60,72)(H,61,75)(H,62,73)(H,63,74)(H,64,77)(H,65,76)/t32-,38-,42+,43-,44-,45-,46+,47+,49+/m1/s1. The number of phenolic OH excluding ortho intramolecular Hbond substituents is 2. The zero-order valence-electron chi connectivity index (χ0n) is 44.6. The van der Waals surface area contributed by atoms with Gasteiger partial charge in [-0.25, -0.2) is 0 Å². The zero-order valence-corrected chi connectivity index (χ0v) is 47.0. The van der Waals surface area contributed by atoms with E-state index in [4.69, 9.17) is 28.8 Å². The normalized spacial score (nSPS) is 21.2. The fourth-order valence-electron chi connectivity index (χ4n) is 8.70. The first-order valence-electron chi connectivity index (χ1n) is 25.9. The molecule has 80 heavy (non-hydrogen) atoms. The number of benzene rings is 4. The highest BCUT2D eigenvalue weighted by atomic mass is 35.5. The molecule has 1 fully saturated rings. The number of phenols is 2. The average molecular weight is 1160 g/mol. The molecule has 24 heteroatoms. The number of amides is 7. The monoisotopic (exact) mass is 1160 g/mol. The van der Waals surface area contributed by atoms with Crippen molar-refractivity contribution < 1.29 is 58.5 Å². The van der Waals surface area contributed by atoms with Crippen molar-refractivity contribution in [1.82, 2.24) is 31.5 Å². The van der Waals surface area contributed by atoms with Gasteiger partial charge in [-0.05, 0) is 111 Å². The fourth-order valence-corrected chi connectivity index (χ4v) is 11.2. The van der Waals surface area contributed by atoms with E-state index in [1.54, 1.807) is 60.7 Å². The summed E-state index contributed by atoms with van der Waals surface area (Å²) in [6.07, 6.45) is -1.72. The molecule has 0 spiro atoms. The molecule has 1 aliphatic heterocycles. The molecule has 1 heterocycles. The molecule has 0 bridgehead atoms.